The number of rotatable bonds is 4. The minimum absolute atomic E-state index is 0.0885. The van der Waals surface area contributed by atoms with Crippen molar-refractivity contribution in [3.05, 3.63) is 35.1 Å². The zero-order valence-electron chi connectivity index (χ0n) is 10.2. The Morgan fingerprint density at radius 1 is 1.44 bits per heavy atom. The van der Waals surface area contributed by atoms with Crippen LogP contribution >= 0.6 is 0 Å². The van der Waals surface area contributed by atoms with Gasteiger partial charge in [0.25, 0.3) is 0 Å². The van der Waals surface area contributed by atoms with Crippen LogP contribution in [0.4, 0.5) is 4.39 Å². The molecule has 0 saturated heterocycles. The molecule has 18 heavy (non-hydrogen) atoms. The fourth-order valence-corrected chi connectivity index (χ4v) is 2.45. The molecule has 0 amide bonds. The van der Waals surface area contributed by atoms with Crippen molar-refractivity contribution in [1.82, 2.24) is 5.32 Å². The molecule has 2 rings (SSSR count). The molecule has 3 nitrogen and oxygen atoms in total. The van der Waals surface area contributed by atoms with Gasteiger partial charge in [0.1, 0.15) is 11.9 Å². The average molecular weight is 248 g/mol. The number of hydrogen-bond donors (Lipinski definition) is 2. The van der Waals surface area contributed by atoms with Gasteiger partial charge in [-0.25, -0.2) is 4.39 Å². The highest BCUT2D eigenvalue weighted by molar-refractivity contribution is 5.34. The van der Waals surface area contributed by atoms with E-state index in [0.717, 1.165) is 25.8 Å². The first kappa shape index (κ1) is 13.0. The van der Waals surface area contributed by atoms with Gasteiger partial charge in [0.15, 0.2) is 0 Å². The number of hydrogen-bond acceptors (Lipinski definition) is 3. The summed E-state index contributed by atoms with van der Waals surface area (Å²) in [5.74, 6) is 0.0427. The summed E-state index contributed by atoms with van der Waals surface area (Å²) in [6.07, 6.45) is 2.54. The summed E-state index contributed by atoms with van der Waals surface area (Å²) in [4.78, 5) is 0. The van der Waals surface area contributed by atoms with E-state index in [9.17, 15) is 9.50 Å². The third kappa shape index (κ3) is 3.06. The van der Waals surface area contributed by atoms with Gasteiger partial charge in [0, 0.05) is 12.1 Å². The Morgan fingerprint density at radius 2 is 2.28 bits per heavy atom. The summed E-state index contributed by atoms with van der Waals surface area (Å²) in [6.45, 7) is 1.21. The third-order valence-corrected chi connectivity index (χ3v) is 3.46. The highest BCUT2D eigenvalue weighted by Crippen LogP contribution is 2.24. The Morgan fingerprint density at radius 3 is 2.94 bits per heavy atom. The van der Waals surface area contributed by atoms with Crippen LogP contribution in [-0.4, -0.2) is 17.8 Å². The Bertz CT molecular complexity index is 456. The van der Waals surface area contributed by atoms with Gasteiger partial charge < -0.3 is 10.4 Å². The topological polar surface area (TPSA) is 56.0 Å². The SMILES string of the molecule is N#Cc1cccc(CNCC2CCC(O)C2)c1F. The van der Waals surface area contributed by atoms with Crippen LogP contribution in [0.2, 0.25) is 0 Å². The molecular formula is C14H17FN2O. The second kappa shape index (κ2) is 5.94. The number of aliphatic hydroxyl groups is 1. The maximum Gasteiger partial charge on any atom is 0.145 e. The Labute approximate surface area is 106 Å². The molecular weight excluding hydrogens is 231 g/mol. The molecule has 0 spiro atoms. The first-order valence-corrected chi connectivity index (χ1v) is 6.27. The van der Waals surface area contributed by atoms with Crippen LogP contribution in [0.25, 0.3) is 0 Å². The standard InChI is InChI=1S/C14H17FN2O/c15-14-11(7-16)2-1-3-12(14)9-17-8-10-4-5-13(18)6-10/h1-3,10,13,17-18H,4-6,8-9H2. The number of halogens is 1. The van der Waals surface area contributed by atoms with E-state index < -0.39 is 5.82 Å². The second-order valence-electron chi connectivity index (χ2n) is 4.85. The molecule has 2 atom stereocenters. The van der Waals surface area contributed by atoms with E-state index in [-0.39, 0.29) is 11.7 Å². The van der Waals surface area contributed by atoms with Crippen molar-refractivity contribution in [2.75, 3.05) is 6.54 Å². The summed E-state index contributed by atoms with van der Waals surface area (Å²) in [5, 5.41) is 21.3. The molecule has 1 aromatic carbocycles. The highest BCUT2D eigenvalue weighted by atomic mass is 19.1. The number of benzene rings is 1. The second-order valence-corrected chi connectivity index (χ2v) is 4.85. The molecule has 1 aliphatic rings. The van der Waals surface area contributed by atoms with Gasteiger partial charge in [-0.15, -0.1) is 0 Å². The van der Waals surface area contributed by atoms with Crippen molar-refractivity contribution in [3.8, 4) is 6.07 Å². The molecule has 4 heteroatoms. The molecule has 1 saturated carbocycles. The fourth-order valence-electron chi connectivity index (χ4n) is 2.45. The molecule has 0 radical (unpaired) electrons. The highest BCUT2D eigenvalue weighted by Gasteiger charge is 2.22. The summed E-state index contributed by atoms with van der Waals surface area (Å²) >= 11 is 0. The van der Waals surface area contributed by atoms with Crippen LogP contribution in [0.5, 0.6) is 0 Å². The lowest BCUT2D eigenvalue weighted by atomic mass is 10.1. The van der Waals surface area contributed by atoms with Gasteiger partial charge >= 0.3 is 0 Å². The predicted octanol–water partition coefficient (Wildman–Crippen LogP) is 1.95. The zero-order valence-corrected chi connectivity index (χ0v) is 10.2. The van der Waals surface area contributed by atoms with Gasteiger partial charge in [-0.1, -0.05) is 12.1 Å². The summed E-state index contributed by atoms with van der Waals surface area (Å²) < 4.78 is 13.7. The van der Waals surface area contributed by atoms with Crippen LogP contribution in [0, 0.1) is 23.1 Å². The molecule has 0 heterocycles. The van der Waals surface area contributed by atoms with Crippen molar-refractivity contribution < 1.29 is 9.50 Å². The number of nitrogens with zero attached hydrogens (tertiary/aromatic N) is 1. The Kier molecular flexibility index (Phi) is 4.29. The number of nitrogens with one attached hydrogen (secondary N) is 1. The monoisotopic (exact) mass is 248 g/mol. The number of aliphatic hydroxyl groups excluding tert-OH is 1. The molecule has 96 valence electrons. The molecule has 0 aliphatic heterocycles. The smallest absolute Gasteiger partial charge is 0.145 e. The lowest BCUT2D eigenvalue weighted by Gasteiger charge is -2.11. The van der Waals surface area contributed by atoms with Crippen LogP contribution in [0.15, 0.2) is 18.2 Å². The molecule has 0 bridgehead atoms. The van der Waals surface area contributed by atoms with Crippen molar-refractivity contribution in [2.24, 2.45) is 5.92 Å². The maximum atomic E-state index is 13.7. The molecule has 0 aromatic heterocycles. The van der Waals surface area contributed by atoms with Gasteiger partial charge in [0.05, 0.1) is 11.7 Å². The van der Waals surface area contributed by atoms with E-state index >= 15 is 0 Å². The van der Waals surface area contributed by atoms with E-state index in [1.807, 2.05) is 6.07 Å². The molecule has 1 aliphatic carbocycles. The lowest BCUT2D eigenvalue weighted by Crippen LogP contribution is -2.22. The largest absolute Gasteiger partial charge is 0.393 e. The molecule has 2 unspecified atom stereocenters. The van der Waals surface area contributed by atoms with E-state index in [2.05, 4.69) is 5.32 Å². The van der Waals surface area contributed by atoms with E-state index in [4.69, 9.17) is 5.26 Å². The molecule has 1 fully saturated rings. The van der Waals surface area contributed by atoms with Crippen molar-refractivity contribution >= 4 is 0 Å². The summed E-state index contributed by atoms with van der Waals surface area (Å²) in [6, 6.07) is 6.70. The van der Waals surface area contributed by atoms with Crippen LogP contribution in [0.3, 0.4) is 0 Å². The fraction of sp³-hybridized carbons (Fsp3) is 0.500. The first-order valence-electron chi connectivity index (χ1n) is 6.27. The average Bonchev–Trinajstić information content (AvgIpc) is 2.77. The van der Waals surface area contributed by atoms with E-state index in [1.54, 1.807) is 12.1 Å². The third-order valence-electron chi connectivity index (χ3n) is 3.46. The summed E-state index contributed by atoms with van der Waals surface area (Å²) in [7, 11) is 0. The van der Waals surface area contributed by atoms with Crippen LogP contribution in [0.1, 0.15) is 30.4 Å². The minimum Gasteiger partial charge on any atom is -0.393 e. The van der Waals surface area contributed by atoms with E-state index in [1.165, 1.54) is 6.07 Å². The lowest BCUT2D eigenvalue weighted by molar-refractivity contribution is 0.177. The van der Waals surface area contributed by atoms with Crippen LogP contribution in [-0.2, 0) is 6.54 Å². The minimum atomic E-state index is -0.432. The van der Waals surface area contributed by atoms with Crippen molar-refractivity contribution in [2.45, 2.75) is 31.9 Å². The van der Waals surface area contributed by atoms with Gasteiger partial charge in [0.2, 0.25) is 0 Å². The normalized spacial score (nSPS) is 22.9. The molecule has 2 N–H and O–H groups in total. The molecule has 1 aromatic rings. The van der Waals surface area contributed by atoms with Crippen LogP contribution < -0.4 is 5.32 Å². The Hall–Kier alpha value is -1.44. The summed E-state index contributed by atoms with van der Waals surface area (Å²) in [5.41, 5.74) is 0.609. The zero-order chi connectivity index (χ0) is 13.0. The van der Waals surface area contributed by atoms with Gasteiger partial charge in [-0.3, -0.25) is 0 Å². The van der Waals surface area contributed by atoms with Gasteiger partial charge in [-0.05, 0) is 37.8 Å². The van der Waals surface area contributed by atoms with Gasteiger partial charge in [-0.2, -0.15) is 5.26 Å². The van der Waals surface area contributed by atoms with Crippen molar-refractivity contribution in [3.63, 3.8) is 0 Å². The quantitative estimate of drug-likeness (QED) is 0.856. The Balaban J connectivity index is 1.85. The van der Waals surface area contributed by atoms with Crippen molar-refractivity contribution in [1.29, 1.82) is 5.26 Å². The maximum absolute atomic E-state index is 13.7. The van der Waals surface area contributed by atoms with E-state index in [0.29, 0.717) is 18.0 Å². The first-order chi connectivity index (χ1) is 8.70. The predicted molar refractivity (Wildman–Crippen MR) is 66.2 cm³/mol. The number of nitriles is 1.